The molecule has 0 radical (unpaired) electrons. The summed E-state index contributed by atoms with van der Waals surface area (Å²) in [7, 11) is 1.55. The van der Waals surface area contributed by atoms with Crippen molar-refractivity contribution in [1.82, 2.24) is 15.6 Å². The maximum absolute atomic E-state index is 12.7. The first-order chi connectivity index (χ1) is 13.5. The molecule has 1 aliphatic rings. The van der Waals surface area contributed by atoms with Crippen molar-refractivity contribution in [2.45, 2.75) is 44.1 Å². The number of nitrogens with zero attached hydrogens (tertiary/aromatic N) is 3. The van der Waals surface area contributed by atoms with Crippen molar-refractivity contribution in [1.29, 1.82) is 0 Å². The monoisotopic (exact) mass is 573 g/mol. The van der Waals surface area contributed by atoms with Crippen molar-refractivity contribution in [3.63, 3.8) is 0 Å². The lowest BCUT2D eigenvalue weighted by molar-refractivity contribution is -0.138. The molecule has 1 aliphatic heterocycles. The number of aromatic nitrogens is 1. The molecule has 1 aromatic rings. The second kappa shape index (κ2) is 11.4. The van der Waals surface area contributed by atoms with Crippen LogP contribution >= 0.6 is 35.6 Å². The summed E-state index contributed by atoms with van der Waals surface area (Å²) in [5.41, 5.74) is -0.907. The van der Waals surface area contributed by atoms with Gasteiger partial charge in [-0.05, 0) is 25.3 Å². The van der Waals surface area contributed by atoms with Crippen LogP contribution in [0, 0.1) is 0 Å². The third-order valence-corrected chi connectivity index (χ3v) is 4.66. The zero-order chi connectivity index (χ0) is 21.7. The Balaban J connectivity index is 0.00000450. The molecule has 1 fully saturated rings. The van der Waals surface area contributed by atoms with Crippen LogP contribution in [0.3, 0.4) is 0 Å². The van der Waals surface area contributed by atoms with Crippen LogP contribution in [0.2, 0.25) is 5.02 Å². The maximum Gasteiger partial charge on any atom is 0.417 e. The van der Waals surface area contributed by atoms with E-state index in [-0.39, 0.29) is 47.3 Å². The molecule has 1 saturated heterocycles. The van der Waals surface area contributed by atoms with E-state index in [0.29, 0.717) is 38.4 Å². The molecular formula is C17H23ClF6IN5. The van der Waals surface area contributed by atoms with Crippen molar-refractivity contribution in [3.8, 4) is 0 Å². The summed E-state index contributed by atoms with van der Waals surface area (Å²) in [6.07, 6.45) is -7.68. The fourth-order valence-electron chi connectivity index (χ4n) is 2.93. The smallest absolute Gasteiger partial charge is 0.356 e. The van der Waals surface area contributed by atoms with E-state index in [9.17, 15) is 26.3 Å². The number of anilines is 1. The highest BCUT2D eigenvalue weighted by Gasteiger charge is 2.33. The molecule has 0 bridgehead atoms. The highest BCUT2D eigenvalue weighted by atomic mass is 127. The van der Waals surface area contributed by atoms with Crippen LogP contribution in [0.4, 0.5) is 32.2 Å². The van der Waals surface area contributed by atoms with E-state index in [4.69, 9.17) is 11.6 Å². The van der Waals surface area contributed by atoms with Crippen molar-refractivity contribution in [2.75, 3.05) is 31.6 Å². The van der Waals surface area contributed by atoms with Gasteiger partial charge in [0, 0.05) is 45.3 Å². The van der Waals surface area contributed by atoms with E-state index in [1.165, 1.54) is 0 Å². The van der Waals surface area contributed by atoms with Gasteiger partial charge in [0.15, 0.2) is 5.96 Å². The molecule has 2 rings (SSSR count). The summed E-state index contributed by atoms with van der Waals surface area (Å²) in [5.74, 6) is 0.731. The predicted molar refractivity (Wildman–Crippen MR) is 115 cm³/mol. The van der Waals surface area contributed by atoms with E-state index >= 15 is 0 Å². The molecule has 13 heteroatoms. The Labute approximate surface area is 192 Å². The number of alkyl halides is 6. The van der Waals surface area contributed by atoms with Gasteiger partial charge in [-0.2, -0.15) is 26.3 Å². The average molecular weight is 574 g/mol. The van der Waals surface area contributed by atoms with Gasteiger partial charge in [-0.3, -0.25) is 4.99 Å². The largest absolute Gasteiger partial charge is 0.417 e. The SMILES string of the molecule is CN=C(NCCCCC(F)(F)F)NC1CCN(c2ncc(C(F)(F)F)cc2Cl)C1.I. The number of aliphatic imine (C=N–C) groups is 1. The van der Waals surface area contributed by atoms with E-state index in [2.05, 4.69) is 20.6 Å². The van der Waals surface area contributed by atoms with E-state index in [0.717, 1.165) is 12.3 Å². The number of halogens is 8. The molecule has 0 spiro atoms. The Morgan fingerprint density at radius 1 is 1.27 bits per heavy atom. The first-order valence-corrected chi connectivity index (χ1v) is 9.39. The van der Waals surface area contributed by atoms with Crippen LogP contribution in [0.25, 0.3) is 0 Å². The normalized spacial score (nSPS) is 17.7. The predicted octanol–water partition coefficient (Wildman–Crippen LogP) is 4.85. The summed E-state index contributed by atoms with van der Waals surface area (Å²) < 4.78 is 74.6. The number of guanidine groups is 1. The summed E-state index contributed by atoms with van der Waals surface area (Å²) >= 11 is 5.99. The minimum absolute atomic E-state index is 0. The molecule has 1 unspecified atom stereocenters. The molecule has 2 heterocycles. The van der Waals surface area contributed by atoms with Gasteiger partial charge in [0.25, 0.3) is 0 Å². The standard InChI is InChI=1S/C17H22ClF6N5.HI/c1-25-15(26-6-3-2-5-16(19,20)21)28-12-4-7-29(10-12)14-13(18)8-11(9-27-14)17(22,23)24;/h8-9,12H,2-7,10H2,1H3,(H2,25,26,28);1H. The number of pyridine rings is 1. The van der Waals surface area contributed by atoms with E-state index in [1.807, 2.05) is 0 Å². The van der Waals surface area contributed by atoms with Crippen molar-refractivity contribution >= 4 is 47.4 Å². The van der Waals surface area contributed by atoms with Crippen molar-refractivity contribution in [3.05, 3.63) is 22.8 Å². The minimum Gasteiger partial charge on any atom is -0.356 e. The summed E-state index contributed by atoms with van der Waals surface area (Å²) in [4.78, 5) is 9.67. The fourth-order valence-corrected chi connectivity index (χ4v) is 3.22. The minimum atomic E-state index is -4.51. The Morgan fingerprint density at radius 3 is 2.53 bits per heavy atom. The molecule has 0 amide bonds. The Morgan fingerprint density at radius 2 is 1.97 bits per heavy atom. The van der Waals surface area contributed by atoms with Gasteiger partial charge >= 0.3 is 12.4 Å². The van der Waals surface area contributed by atoms with Crippen LogP contribution in [0.15, 0.2) is 17.3 Å². The Hall–Kier alpha value is -1.18. The second-order valence-electron chi connectivity index (χ2n) is 6.67. The summed E-state index contributed by atoms with van der Waals surface area (Å²) in [6, 6.07) is 0.794. The van der Waals surface area contributed by atoms with E-state index < -0.39 is 24.3 Å². The lowest BCUT2D eigenvalue weighted by Crippen LogP contribution is -2.45. The third kappa shape index (κ3) is 8.52. The highest BCUT2D eigenvalue weighted by molar-refractivity contribution is 14.0. The lowest BCUT2D eigenvalue weighted by atomic mass is 10.2. The molecule has 1 aromatic heterocycles. The number of unbranched alkanes of at least 4 members (excludes halogenated alkanes) is 1. The zero-order valence-electron chi connectivity index (χ0n) is 16.1. The lowest BCUT2D eigenvalue weighted by Gasteiger charge is -2.21. The molecule has 30 heavy (non-hydrogen) atoms. The third-order valence-electron chi connectivity index (χ3n) is 4.38. The summed E-state index contributed by atoms with van der Waals surface area (Å²) in [5, 5.41) is 6.03. The van der Waals surface area contributed by atoms with Gasteiger partial charge < -0.3 is 15.5 Å². The number of nitrogens with one attached hydrogen (secondary N) is 2. The van der Waals surface area contributed by atoms with Crippen LogP contribution in [-0.2, 0) is 6.18 Å². The molecular weight excluding hydrogens is 551 g/mol. The van der Waals surface area contributed by atoms with Crippen LogP contribution in [0.5, 0.6) is 0 Å². The molecule has 1 atom stereocenters. The zero-order valence-corrected chi connectivity index (χ0v) is 19.2. The van der Waals surface area contributed by atoms with Gasteiger partial charge in [0.1, 0.15) is 5.82 Å². The first-order valence-electron chi connectivity index (χ1n) is 9.01. The fraction of sp³-hybridized carbons (Fsp3) is 0.647. The van der Waals surface area contributed by atoms with Gasteiger partial charge in [0.2, 0.25) is 0 Å². The van der Waals surface area contributed by atoms with Gasteiger partial charge in [-0.25, -0.2) is 4.98 Å². The molecule has 0 aromatic carbocycles. The highest BCUT2D eigenvalue weighted by Crippen LogP contribution is 2.34. The van der Waals surface area contributed by atoms with Gasteiger partial charge in [-0.1, -0.05) is 11.6 Å². The Kier molecular flexibility index (Phi) is 10.2. The van der Waals surface area contributed by atoms with Crippen molar-refractivity contribution in [2.24, 2.45) is 4.99 Å². The molecule has 5 nitrogen and oxygen atoms in total. The number of rotatable bonds is 6. The molecule has 172 valence electrons. The molecule has 0 saturated carbocycles. The summed E-state index contributed by atoms with van der Waals surface area (Å²) in [6.45, 7) is 1.34. The Bertz CT molecular complexity index is 713. The number of hydrogen-bond acceptors (Lipinski definition) is 3. The van der Waals surface area contributed by atoms with Gasteiger partial charge in [-0.15, -0.1) is 24.0 Å². The number of hydrogen-bond donors (Lipinski definition) is 2. The maximum atomic E-state index is 12.7. The van der Waals surface area contributed by atoms with Gasteiger partial charge in [0.05, 0.1) is 10.6 Å². The van der Waals surface area contributed by atoms with Crippen molar-refractivity contribution < 1.29 is 26.3 Å². The van der Waals surface area contributed by atoms with E-state index in [1.54, 1.807) is 11.9 Å². The van der Waals surface area contributed by atoms with Crippen LogP contribution in [-0.4, -0.2) is 49.8 Å². The first kappa shape index (κ1) is 26.9. The average Bonchev–Trinajstić information content (AvgIpc) is 3.06. The van der Waals surface area contributed by atoms with Crippen LogP contribution < -0.4 is 15.5 Å². The molecule has 0 aliphatic carbocycles. The quantitative estimate of drug-likeness (QED) is 0.168. The van der Waals surface area contributed by atoms with Crippen LogP contribution in [0.1, 0.15) is 31.2 Å². The topological polar surface area (TPSA) is 52.6 Å². The second-order valence-corrected chi connectivity index (χ2v) is 7.08. The molecule has 2 N–H and O–H groups in total.